The number of carbonyl (C=O) groups is 1. The van der Waals surface area contributed by atoms with Crippen LogP contribution in [0.4, 0.5) is 0 Å². The predicted octanol–water partition coefficient (Wildman–Crippen LogP) is 3.26. The van der Waals surface area contributed by atoms with Gasteiger partial charge < -0.3 is 14.8 Å². The van der Waals surface area contributed by atoms with E-state index in [1.165, 1.54) is 0 Å². The van der Waals surface area contributed by atoms with Crippen molar-refractivity contribution in [2.24, 2.45) is 0 Å². The molecule has 1 amide bonds. The van der Waals surface area contributed by atoms with E-state index in [0.717, 1.165) is 62.0 Å². The van der Waals surface area contributed by atoms with Crippen LogP contribution >= 0.6 is 15.9 Å². The maximum absolute atomic E-state index is 13.0. The minimum Gasteiger partial charge on any atom is -0.342 e. The van der Waals surface area contributed by atoms with Crippen LogP contribution in [0.15, 0.2) is 16.7 Å². The number of nitrogens with zero attached hydrogens (tertiary/aromatic N) is 2. The fourth-order valence-electron chi connectivity index (χ4n) is 3.04. The van der Waals surface area contributed by atoms with Crippen molar-refractivity contribution < 1.29 is 4.79 Å². The van der Waals surface area contributed by atoms with E-state index in [9.17, 15) is 4.79 Å². The Kier molecular flexibility index (Phi) is 6.30. The van der Waals surface area contributed by atoms with Crippen LogP contribution in [0.1, 0.15) is 50.0 Å². The first-order valence-electron chi connectivity index (χ1n) is 8.04. The summed E-state index contributed by atoms with van der Waals surface area (Å²) in [5.74, 6) is 0.183. The Balaban J connectivity index is 2.20. The molecule has 2 heterocycles. The zero-order valence-corrected chi connectivity index (χ0v) is 14.7. The highest BCUT2D eigenvalue weighted by Crippen LogP contribution is 2.21. The fraction of sp³-hybridized carbons (Fsp3) is 0.688. The smallest absolute Gasteiger partial charge is 0.270 e. The van der Waals surface area contributed by atoms with Crippen LogP contribution in [0.2, 0.25) is 0 Å². The molecule has 1 aromatic heterocycles. The van der Waals surface area contributed by atoms with Crippen LogP contribution in [-0.2, 0) is 6.54 Å². The molecule has 1 N–H and O–H groups in total. The molecule has 5 heteroatoms. The molecule has 1 aliphatic rings. The van der Waals surface area contributed by atoms with E-state index in [2.05, 4.69) is 44.6 Å². The van der Waals surface area contributed by atoms with Gasteiger partial charge in [-0.15, -0.1) is 0 Å². The highest BCUT2D eigenvalue weighted by Gasteiger charge is 2.27. The molecule has 4 nitrogen and oxygen atoms in total. The predicted molar refractivity (Wildman–Crippen MR) is 89.6 cm³/mol. The number of hydrogen-bond donors (Lipinski definition) is 1. The van der Waals surface area contributed by atoms with Gasteiger partial charge >= 0.3 is 0 Å². The van der Waals surface area contributed by atoms with E-state index < -0.39 is 0 Å². The quantitative estimate of drug-likeness (QED) is 0.850. The summed E-state index contributed by atoms with van der Waals surface area (Å²) in [4.78, 5) is 15.1. The highest BCUT2D eigenvalue weighted by molar-refractivity contribution is 9.10. The standard InChI is InChI=1S/C16H26BrN3O/c1-3-9-19-12-13(17)11-15(19)16(21)20(10-4-2)14-5-7-18-8-6-14/h11-12,14,18H,3-10H2,1-2H3. The molecule has 2 rings (SSSR count). The number of aromatic nitrogens is 1. The van der Waals surface area contributed by atoms with Crippen LogP contribution in [0.5, 0.6) is 0 Å². The zero-order chi connectivity index (χ0) is 15.2. The van der Waals surface area contributed by atoms with Crippen LogP contribution in [0, 0.1) is 0 Å². The minimum absolute atomic E-state index is 0.183. The van der Waals surface area contributed by atoms with Gasteiger partial charge in [-0.05, 0) is 60.8 Å². The van der Waals surface area contributed by atoms with Crippen molar-refractivity contribution in [3.63, 3.8) is 0 Å². The van der Waals surface area contributed by atoms with Gasteiger partial charge in [0.1, 0.15) is 5.69 Å². The van der Waals surface area contributed by atoms with Crippen molar-refractivity contribution in [2.45, 2.75) is 52.1 Å². The van der Waals surface area contributed by atoms with E-state index >= 15 is 0 Å². The van der Waals surface area contributed by atoms with Crippen molar-refractivity contribution in [3.05, 3.63) is 22.4 Å². The van der Waals surface area contributed by atoms with Gasteiger partial charge in [0.05, 0.1) is 0 Å². The average molecular weight is 356 g/mol. The summed E-state index contributed by atoms with van der Waals surface area (Å²) in [5, 5.41) is 3.38. The number of hydrogen-bond acceptors (Lipinski definition) is 2. The Morgan fingerprint density at radius 3 is 2.71 bits per heavy atom. The Morgan fingerprint density at radius 2 is 2.10 bits per heavy atom. The van der Waals surface area contributed by atoms with Gasteiger partial charge in [0, 0.05) is 29.8 Å². The Hall–Kier alpha value is -0.810. The van der Waals surface area contributed by atoms with E-state index in [4.69, 9.17) is 0 Å². The molecule has 21 heavy (non-hydrogen) atoms. The Bertz CT molecular complexity index is 466. The monoisotopic (exact) mass is 355 g/mol. The number of aryl methyl sites for hydroxylation is 1. The zero-order valence-electron chi connectivity index (χ0n) is 13.1. The largest absolute Gasteiger partial charge is 0.342 e. The van der Waals surface area contributed by atoms with Crippen LogP contribution in [0.3, 0.4) is 0 Å². The first-order valence-corrected chi connectivity index (χ1v) is 8.84. The summed E-state index contributed by atoms with van der Waals surface area (Å²) in [5.41, 5.74) is 0.815. The molecule has 0 saturated carbocycles. The van der Waals surface area contributed by atoms with Gasteiger partial charge in [-0.2, -0.15) is 0 Å². The van der Waals surface area contributed by atoms with Crippen LogP contribution in [0.25, 0.3) is 0 Å². The number of amides is 1. The second-order valence-electron chi connectivity index (χ2n) is 5.72. The Labute approximate surface area is 136 Å². The number of carbonyl (C=O) groups excluding carboxylic acids is 1. The van der Waals surface area contributed by atoms with E-state index in [0.29, 0.717) is 6.04 Å². The molecule has 0 aromatic carbocycles. The third kappa shape index (κ3) is 4.10. The highest BCUT2D eigenvalue weighted by atomic mass is 79.9. The lowest BCUT2D eigenvalue weighted by Gasteiger charge is -2.34. The molecule has 0 unspecified atom stereocenters. The summed E-state index contributed by atoms with van der Waals surface area (Å²) in [6, 6.07) is 2.34. The van der Waals surface area contributed by atoms with E-state index in [1.54, 1.807) is 0 Å². The molecule has 0 radical (unpaired) electrons. The van der Waals surface area contributed by atoms with Crippen molar-refractivity contribution in [1.29, 1.82) is 0 Å². The summed E-state index contributed by atoms with van der Waals surface area (Å²) >= 11 is 3.50. The molecular weight excluding hydrogens is 330 g/mol. The Morgan fingerprint density at radius 1 is 1.38 bits per heavy atom. The van der Waals surface area contributed by atoms with Gasteiger partial charge in [0.2, 0.25) is 0 Å². The maximum Gasteiger partial charge on any atom is 0.270 e. The van der Waals surface area contributed by atoms with Crippen molar-refractivity contribution >= 4 is 21.8 Å². The minimum atomic E-state index is 0.183. The summed E-state index contributed by atoms with van der Waals surface area (Å²) in [7, 11) is 0. The number of piperidine rings is 1. The lowest BCUT2D eigenvalue weighted by molar-refractivity contribution is 0.0631. The second kappa shape index (κ2) is 7.99. The molecule has 1 aliphatic heterocycles. The van der Waals surface area contributed by atoms with Crippen LogP contribution in [-0.4, -0.2) is 41.1 Å². The number of rotatable bonds is 6. The lowest BCUT2D eigenvalue weighted by Crippen LogP contribution is -2.47. The first kappa shape index (κ1) is 16.6. The van der Waals surface area contributed by atoms with Gasteiger partial charge in [0.15, 0.2) is 0 Å². The van der Waals surface area contributed by atoms with Crippen molar-refractivity contribution in [1.82, 2.24) is 14.8 Å². The molecule has 1 fully saturated rings. The van der Waals surface area contributed by atoms with Gasteiger partial charge in [-0.3, -0.25) is 4.79 Å². The number of halogens is 1. The SMILES string of the molecule is CCCN(C(=O)c1cc(Br)cn1CCC)C1CCNCC1. The van der Waals surface area contributed by atoms with E-state index in [1.807, 2.05) is 12.3 Å². The van der Waals surface area contributed by atoms with E-state index in [-0.39, 0.29) is 5.91 Å². The van der Waals surface area contributed by atoms with Gasteiger partial charge in [-0.25, -0.2) is 0 Å². The van der Waals surface area contributed by atoms with Gasteiger partial charge in [0.25, 0.3) is 5.91 Å². The second-order valence-corrected chi connectivity index (χ2v) is 6.63. The molecule has 0 aliphatic carbocycles. The average Bonchev–Trinajstić information content (AvgIpc) is 2.86. The molecule has 1 saturated heterocycles. The lowest BCUT2D eigenvalue weighted by atomic mass is 10.0. The molecular formula is C16H26BrN3O. The van der Waals surface area contributed by atoms with Gasteiger partial charge in [-0.1, -0.05) is 13.8 Å². The summed E-state index contributed by atoms with van der Waals surface area (Å²) < 4.78 is 3.07. The summed E-state index contributed by atoms with van der Waals surface area (Å²) in [6.07, 6.45) is 6.17. The fourth-order valence-corrected chi connectivity index (χ4v) is 3.50. The number of nitrogens with one attached hydrogen (secondary N) is 1. The van der Waals surface area contributed by atoms with Crippen molar-refractivity contribution in [3.8, 4) is 0 Å². The first-order chi connectivity index (χ1) is 10.2. The molecule has 0 spiro atoms. The normalized spacial score (nSPS) is 16.1. The van der Waals surface area contributed by atoms with Crippen molar-refractivity contribution in [2.75, 3.05) is 19.6 Å². The third-order valence-corrected chi connectivity index (χ3v) is 4.46. The molecule has 118 valence electrons. The summed E-state index contributed by atoms with van der Waals surface area (Å²) in [6.45, 7) is 8.04. The molecule has 1 aromatic rings. The molecule has 0 bridgehead atoms. The molecule has 0 atom stereocenters. The van der Waals surface area contributed by atoms with Crippen LogP contribution < -0.4 is 5.32 Å². The maximum atomic E-state index is 13.0. The topological polar surface area (TPSA) is 37.3 Å². The third-order valence-electron chi connectivity index (χ3n) is 4.02.